The van der Waals surface area contributed by atoms with Crippen LogP contribution < -0.4 is 0 Å². The molecule has 1 N–H and O–H groups in total. The van der Waals surface area contributed by atoms with Gasteiger partial charge in [-0.3, -0.25) is 14.6 Å². The predicted octanol–water partition coefficient (Wildman–Crippen LogP) is 2.18. The first-order valence-corrected chi connectivity index (χ1v) is 6.79. The van der Waals surface area contributed by atoms with E-state index in [-0.39, 0.29) is 18.4 Å². The van der Waals surface area contributed by atoms with E-state index in [1.165, 1.54) is 0 Å². The van der Waals surface area contributed by atoms with Gasteiger partial charge in [-0.15, -0.1) is 0 Å². The molecule has 1 amide bonds. The first-order chi connectivity index (χ1) is 9.40. The highest BCUT2D eigenvalue weighted by atomic mass is 16.4. The lowest BCUT2D eigenvalue weighted by atomic mass is 10.1. The Hall–Kier alpha value is -1.91. The third-order valence-corrected chi connectivity index (χ3v) is 2.95. The molecule has 0 aliphatic carbocycles. The molecule has 0 radical (unpaired) electrons. The van der Waals surface area contributed by atoms with Crippen molar-refractivity contribution in [3.63, 3.8) is 0 Å². The largest absolute Gasteiger partial charge is 0.481 e. The molecule has 1 aromatic heterocycles. The summed E-state index contributed by atoms with van der Waals surface area (Å²) >= 11 is 0. The average molecular weight is 278 g/mol. The van der Waals surface area contributed by atoms with E-state index in [0.29, 0.717) is 13.0 Å². The van der Waals surface area contributed by atoms with Crippen LogP contribution in [-0.4, -0.2) is 33.4 Å². The molecule has 0 bridgehead atoms. The first-order valence-electron chi connectivity index (χ1n) is 6.79. The molecule has 5 nitrogen and oxygen atoms in total. The summed E-state index contributed by atoms with van der Waals surface area (Å²) in [5, 5.41) is 9.01. The van der Waals surface area contributed by atoms with Crippen molar-refractivity contribution in [3.05, 3.63) is 30.1 Å². The molecule has 0 saturated carbocycles. The van der Waals surface area contributed by atoms with Gasteiger partial charge in [0.15, 0.2) is 0 Å². The molecule has 1 heterocycles. The highest BCUT2D eigenvalue weighted by Gasteiger charge is 2.21. The quantitative estimate of drug-likeness (QED) is 0.830. The second-order valence-corrected chi connectivity index (χ2v) is 5.47. The Morgan fingerprint density at radius 2 is 2.05 bits per heavy atom. The number of nitrogens with zero attached hydrogens (tertiary/aromatic N) is 2. The van der Waals surface area contributed by atoms with Gasteiger partial charge in [-0.1, -0.05) is 26.8 Å². The Kier molecular flexibility index (Phi) is 6.15. The van der Waals surface area contributed by atoms with Gasteiger partial charge < -0.3 is 10.0 Å². The lowest BCUT2D eigenvalue weighted by Gasteiger charge is -2.25. The molecule has 110 valence electrons. The van der Waals surface area contributed by atoms with Crippen LogP contribution in [0.4, 0.5) is 0 Å². The highest BCUT2D eigenvalue weighted by molar-refractivity contribution is 5.77. The minimum atomic E-state index is -0.890. The minimum Gasteiger partial charge on any atom is -0.481 e. The van der Waals surface area contributed by atoms with Crippen LogP contribution >= 0.6 is 0 Å². The van der Waals surface area contributed by atoms with Gasteiger partial charge in [0.1, 0.15) is 0 Å². The summed E-state index contributed by atoms with van der Waals surface area (Å²) in [6.45, 7) is 6.18. The Bertz CT molecular complexity index is 446. The van der Waals surface area contributed by atoms with Crippen molar-refractivity contribution < 1.29 is 14.7 Å². The van der Waals surface area contributed by atoms with Gasteiger partial charge in [0.2, 0.25) is 5.91 Å². The fourth-order valence-corrected chi connectivity index (χ4v) is 1.85. The summed E-state index contributed by atoms with van der Waals surface area (Å²) in [4.78, 5) is 28.8. The fourth-order valence-electron chi connectivity index (χ4n) is 1.85. The zero-order chi connectivity index (χ0) is 15.1. The number of carboxylic acids is 1. The average Bonchev–Trinajstić information content (AvgIpc) is 2.38. The van der Waals surface area contributed by atoms with Crippen LogP contribution in [0.3, 0.4) is 0 Å². The van der Waals surface area contributed by atoms with Gasteiger partial charge in [-0.25, -0.2) is 0 Å². The summed E-state index contributed by atoms with van der Waals surface area (Å²) in [5.41, 5.74) is 0.905. The van der Waals surface area contributed by atoms with Crippen LogP contribution in [0.2, 0.25) is 0 Å². The topological polar surface area (TPSA) is 70.5 Å². The van der Waals surface area contributed by atoms with Crippen molar-refractivity contribution in [1.82, 2.24) is 9.88 Å². The maximum atomic E-state index is 12.2. The number of carbonyl (C=O) groups excluding carboxylic acids is 1. The van der Waals surface area contributed by atoms with Gasteiger partial charge in [-0.05, 0) is 17.5 Å². The summed E-state index contributed by atoms with van der Waals surface area (Å²) in [6, 6.07) is 3.69. The van der Waals surface area contributed by atoms with E-state index in [1.54, 1.807) is 30.3 Å². The lowest BCUT2D eigenvalue weighted by Crippen LogP contribution is -2.37. The number of carboxylic acid groups (broad SMARTS) is 1. The molecule has 1 unspecified atom stereocenters. The number of amides is 1. The van der Waals surface area contributed by atoms with Crippen molar-refractivity contribution in [1.29, 1.82) is 0 Å². The molecule has 1 rings (SSSR count). The molecular weight excluding hydrogens is 256 g/mol. The molecule has 0 spiro atoms. The van der Waals surface area contributed by atoms with E-state index >= 15 is 0 Å². The first kappa shape index (κ1) is 16.1. The van der Waals surface area contributed by atoms with Gasteiger partial charge in [-0.2, -0.15) is 0 Å². The monoisotopic (exact) mass is 278 g/mol. The van der Waals surface area contributed by atoms with Crippen molar-refractivity contribution in [2.24, 2.45) is 11.8 Å². The van der Waals surface area contributed by atoms with Crippen molar-refractivity contribution in [2.45, 2.75) is 33.7 Å². The van der Waals surface area contributed by atoms with Gasteiger partial charge in [0.05, 0.1) is 5.92 Å². The molecule has 1 aromatic rings. The summed E-state index contributed by atoms with van der Waals surface area (Å²) in [5.74, 6) is -1.24. The molecule has 0 aliphatic rings. The smallest absolute Gasteiger partial charge is 0.308 e. The molecule has 0 aliphatic heterocycles. The van der Waals surface area contributed by atoms with Crippen LogP contribution in [0.15, 0.2) is 24.5 Å². The van der Waals surface area contributed by atoms with Crippen LogP contribution in [0.25, 0.3) is 0 Å². The number of hydrogen-bond acceptors (Lipinski definition) is 3. The molecule has 20 heavy (non-hydrogen) atoms. The number of pyridine rings is 1. The number of aliphatic carboxylic acids is 1. The maximum absolute atomic E-state index is 12.2. The van der Waals surface area contributed by atoms with E-state index in [9.17, 15) is 9.59 Å². The Morgan fingerprint density at radius 1 is 1.35 bits per heavy atom. The third-order valence-electron chi connectivity index (χ3n) is 2.95. The van der Waals surface area contributed by atoms with Crippen molar-refractivity contribution in [2.75, 3.05) is 6.54 Å². The maximum Gasteiger partial charge on any atom is 0.308 e. The fraction of sp³-hybridized carbons (Fsp3) is 0.533. The lowest BCUT2D eigenvalue weighted by molar-refractivity contribution is -0.143. The molecule has 0 saturated heterocycles. The van der Waals surface area contributed by atoms with E-state index in [4.69, 9.17) is 5.11 Å². The number of carbonyl (C=O) groups is 2. The zero-order valence-corrected chi connectivity index (χ0v) is 12.2. The number of rotatable bonds is 7. The minimum absolute atomic E-state index is 0.0167. The van der Waals surface area contributed by atoms with Gasteiger partial charge in [0, 0.05) is 31.9 Å². The van der Waals surface area contributed by atoms with E-state index in [0.717, 1.165) is 5.56 Å². The van der Waals surface area contributed by atoms with Gasteiger partial charge >= 0.3 is 5.97 Å². The Balaban J connectivity index is 2.78. The highest BCUT2D eigenvalue weighted by Crippen LogP contribution is 2.11. The van der Waals surface area contributed by atoms with E-state index in [1.807, 2.05) is 19.9 Å². The van der Waals surface area contributed by atoms with Crippen molar-refractivity contribution >= 4 is 11.9 Å². The number of hydrogen-bond donors (Lipinski definition) is 1. The molecule has 0 fully saturated rings. The molecule has 5 heteroatoms. The van der Waals surface area contributed by atoms with Crippen molar-refractivity contribution in [3.8, 4) is 0 Å². The van der Waals surface area contributed by atoms with Crippen LogP contribution in [0.1, 0.15) is 32.8 Å². The molecule has 1 atom stereocenters. The summed E-state index contributed by atoms with van der Waals surface area (Å²) < 4.78 is 0. The van der Waals surface area contributed by atoms with Crippen LogP contribution in [0, 0.1) is 11.8 Å². The zero-order valence-electron chi connectivity index (χ0n) is 12.2. The van der Waals surface area contributed by atoms with E-state index < -0.39 is 11.9 Å². The predicted molar refractivity (Wildman–Crippen MR) is 75.9 cm³/mol. The normalized spacial score (nSPS) is 12.2. The summed E-state index contributed by atoms with van der Waals surface area (Å²) in [7, 11) is 0. The summed E-state index contributed by atoms with van der Waals surface area (Å²) in [6.07, 6.45) is 3.79. The number of aromatic nitrogens is 1. The van der Waals surface area contributed by atoms with Gasteiger partial charge in [0.25, 0.3) is 0 Å². The molecular formula is C15H22N2O3. The molecule has 0 aromatic carbocycles. The second kappa shape index (κ2) is 7.62. The standard InChI is InChI=1S/C15H22N2O3/c1-11(2)7-14(18)17(9-12(3)15(19)20)10-13-5-4-6-16-8-13/h4-6,8,11-12H,7,9-10H2,1-3H3,(H,19,20). The van der Waals surface area contributed by atoms with Crippen LogP contribution in [0.5, 0.6) is 0 Å². The second-order valence-electron chi connectivity index (χ2n) is 5.47. The van der Waals surface area contributed by atoms with Crippen LogP contribution in [-0.2, 0) is 16.1 Å². The Labute approximate surface area is 119 Å². The SMILES string of the molecule is CC(C)CC(=O)N(Cc1cccnc1)CC(C)C(=O)O. The third kappa shape index (κ3) is 5.38. The Morgan fingerprint density at radius 3 is 2.55 bits per heavy atom. The van der Waals surface area contributed by atoms with E-state index in [2.05, 4.69) is 4.98 Å².